The summed E-state index contributed by atoms with van der Waals surface area (Å²) in [5.41, 5.74) is 7.50. The van der Waals surface area contributed by atoms with E-state index in [1.54, 1.807) is 10.4 Å². The molecule has 2 nitrogen and oxygen atoms in total. The molecular weight excluding hydrogens is 216 g/mol. The van der Waals surface area contributed by atoms with Gasteiger partial charge < -0.3 is 5.73 Å². The van der Waals surface area contributed by atoms with Crippen molar-refractivity contribution in [2.45, 2.75) is 44.2 Å². The van der Waals surface area contributed by atoms with Crippen molar-refractivity contribution in [3.63, 3.8) is 0 Å². The zero-order valence-electron chi connectivity index (χ0n) is 9.69. The number of fused-ring (bicyclic) bond motifs is 1. The van der Waals surface area contributed by atoms with Gasteiger partial charge in [-0.15, -0.1) is 11.3 Å². The van der Waals surface area contributed by atoms with Crippen LogP contribution in [-0.2, 0) is 6.42 Å². The van der Waals surface area contributed by atoms with Crippen LogP contribution in [0.2, 0.25) is 0 Å². The summed E-state index contributed by atoms with van der Waals surface area (Å²) in [4.78, 5) is 4.30. The smallest absolute Gasteiger partial charge is 0.0362 e. The number of likely N-dealkylation sites (tertiary alicyclic amines) is 1. The highest BCUT2D eigenvalue weighted by molar-refractivity contribution is 7.10. The standard InChI is InChI=1S/C13H20N2S/c14-9-10-3-2-7-15(10)12-4-1-5-13-11(12)6-8-16-13/h6,8,10,12H,1-5,7,9,14H2. The normalized spacial score (nSPS) is 30.6. The number of nitrogens with zero attached hydrogens (tertiary/aromatic N) is 1. The third kappa shape index (κ3) is 1.71. The van der Waals surface area contributed by atoms with E-state index < -0.39 is 0 Å². The lowest BCUT2D eigenvalue weighted by Crippen LogP contribution is -2.39. The molecule has 1 aromatic rings. The second-order valence-corrected chi connectivity index (χ2v) is 5.98. The van der Waals surface area contributed by atoms with E-state index in [1.807, 2.05) is 11.3 Å². The highest BCUT2D eigenvalue weighted by Crippen LogP contribution is 2.40. The molecule has 2 unspecified atom stereocenters. The Bertz CT molecular complexity index is 361. The van der Waals surface area contributed by atoms with E-state index in [0.29, 0.717) is 12.1 Å². The molecular formula is C13H20N2S. The molecule has 2 N–H and O–H groups in total. The first-order valence-electron chi connectivity index (χ1n) is 6.42. The summed E-state index contributed by atoms with van der Waals surface area (Å²) in [6.45, 7) is 2.08. The molecule has 1 fully saturated rings. The van der Waals surface area contributed by atoms with Gasteiger partial charge in [-0.05, 0) is 55.7 Å². The second-order valence-electron chi connectivity index (χ2n) is 4.98. The van der Waals surface area contributed by atoms with Gasteiger partial charge in [0.05, 0.1) is 0 Å². The highest BCUT2D eigenvalue weighted by Gasteiger charge is 2.33. The molecule has 1 aliphatic carbocycles. The average molecular weight is 236 g/mol. The quantitative estimate of drug-likeness (QED) is 0.855. The van der Waals surface area contributed by atoms with Crippen LogP contribution in [0.15, 0.2) is 11.4 Å². The van der Waals surface area contributed by atoms with Crippen molar-refractivity contribution in [1.82, 2.24) is 4.90 Å². The van der Waals surface area contributed by atoms with Gasteiger partial charge in [0.1, 0.15) is 0 Å². The zero-order valence-corrected chi connectivity index (χ0v) is 10.5. The SMILES string of the molecule is NCC1CCCN1C1CCCc2sccc21. The van der Waals surface area contributed by atoms with E-state index in [4.69, 9.17) is 5.73 Å². The zero-order chi connectivity index (χ0) is 11.0. The molecule has 1 aliphatic heterocycles. The summed E-state index contributed by atoms with van der Waals surface area (Å²) >= 11 is 1.94. The number of thiophene rings is 1. The van der Waals surface area contributed by atoms with Crippen molar-refractivity contribution in [3.05, 3.63) is 21.9 Å². The molecule has 0 spiro atoms. The molecule has 1 saturated heterocycles. The van der Waals surface area contributed by atoms with Gasteiger partial charge in [-0.1, -0.05) is 0 Å². The van der Waals surface area contributed by atoms with Crippen LogP contribution in [0.25, 0.3) is 0 Å². The first-order valence-corrected chi connectivity index (χ1v) is 7.30. The van der Waals surface area contributed by atoms with Gasteiger partial charge in [-0.25, -0.2) is 0 Å². The van der Waals surface area contributed by atoms with E-state index in [9.17, 15) is 0 Å². The second kappa shape index (κ2) is 4.47. The topological polar surface area (TPSA) is 29.3 Å². The van der Waals surface area contributed by atoms with Crippen LogP contribution in [0, 0.1) is 0 Å². The van der Waals surface area contributed by atoms with Crippen LogP contribution in [0.5, 0.6) is 0 Å². The Morgan fingerprint density at radius 3 is 3.19 bits per heavy atom. The van der Waals surface area contributed by atoms with E-state index in [1.165, 1.54) is 38.6 Å². The molecule has 0 saturated carbocycles. The lowest BCUT2D eigenvalue weighted by atomic mass is 9.92. The lowest BCUT2D eigenvalue weighted by molar-refractivity contribution is 0.167. The molecule has 0 amide bonds. The van der Waals surface area contributed by atoms with E-state index in [0.717, 1.165) is 6.54 Å². The Balaban J connectivity index is 1.86. The predicted octanol–water partition coefficient (Wildman–Crippen LogP) is 2.55. The fraction of sp³-hybridized carbons (Fsp3) is 0.692. The van der Waals surface area contributed by atoms with Crippen LogP contribution in [0.3, 0.4) is 0 Å². The Labute approximate surface area is 101 Å². The van der Waals surface area contributed by atoms with Gasteiger partial charge in [-0.3, -0.25) is 4.90 Å². The fourth-order valence-electron chi connectivity index (χ4n) is 3.33. The minimum atomic E-state index is 0.635. The van der Waals surface area contributed by atoms with Crippen molar-refractivity contribution in [3.8, 4) is 0 Å². The minimum Gasteiger partial charge on any atom is -0.329 e. The predicted molar refractivity (Wildman–Crippen MR) is 68.8 cm³/mol. The van der Waals surface area contributed by atoms with Crippen molar-refractivity contribution < 1.29 is 0 Å². The largest absolute Gasteiger partial charge is 0.329 e. The summed E-state index contributed by atoms with van der Waals surface area (Å²) in [6.07, 6.45) is 6.61. The summed E-state index contributed by atoms with van der Waals surface area (Å²) < 4.78 is 0. The third-order valence-corrected chi connectivity index (χ3v) is 5.11. The Hall–Kier alpha value is -0.380. The molecule has 0 aromatic carbocycles. The van der Waals surface area contributed by atoms with E-state index in [2.05, 4.69) is 16.3 Å². The maximum atomic E-state index is 5.89. The number of rotatable bonds is 2. The summed E-state index contributed by atoms with van der Waals surface area (Å²) in [5.74, 6) is 0. The molecule has 2 atom stereocenters. The maximum Gasteiger partial charge on any atom is 0.0362 e. The van der Waals surface area contributed by atoms with Crippen molar-refractivity contribution in [2.75, 3.05) is 13.1 Å². The number of nitrogens with two attached hydrogens (primary N) is 1. The number of hydrogen-bond acceptors (Lipinski definition) is 3. The molecule has 0 radical (unpaired) electrons. The van der Waals surface area contributed by atoms with Crippen molar-refractivity contribution in [1.29, 1.82) is 0 Å². The van der Waals surface area contributed by atoms with Crippen LogP contribution < -0.4 is 5.73 Å². The van der Waals surface area contributed by atoms with E-state index in [-0.39, 0.29) is 0 Å². The van der Waals surface area contributed by atoms with Crippen molar-refractivity contribution in [2.24, 2.45) is 5.73 Å². The van der Waals surface area contributed by atoms with Crippen molar-refractivity contribution >= 4 is 11.3 Å². The van der Waals surface area contributed by atoms with Gasteiger partial charge in [-0.2, -0.15) is 0 Å². The summed E-state index contributed by atoms with van der Waals surface area (Å²) in [7, 11) is 0. The molecule has 88 valence electrons. The van der Waals surface area contributed by atoms with Gasteiger partial charge in [0.2, 0.25) is 0 Å². The highest BCUT2D eigenvalue weighted by atomic mass is 32.1. The Kier molecular flexibility index (Phi) is 3.01. The van der Waals surface area contributed by atoms with Gasteiger partial charge in [0.15, 0.2) is 0 Å². The number of hydrogen-bond donors (Lipinski definition) is 1. The van der Waals surface area contributed by atoms with Gasteiger partial charge >= 0.3 is 0 Å². The number of aryl methyl sites for hydroxylation is 1. The minimum absolute atomic E-state index is 0.635. The first-order chi connectivity index (χ1) is 7.90. The maximum absolute atomic E-state index is 5.89. The van der Waals surface area contributed by atoms with E-state index >= 15 is 0 Å². The van der Waals surface area contributed by atoms with Crippen LogP contribution in [0.4, 0.5) is 0 Å². The molecule has 1 aromatic heterocycles. The Morgan fingerprint density at radius 2 is 2.31 bits per heavy atom. The fourth-order valence-corrected chi connectivity index (χ4v) is 4.31. The molecule has 0 bridgehead atoms. The first kappa shape index (κ1) is 10.8. The van der Waals surface area contributed by atoms with Crippen LogP contribution in [-0.4, -0.2) is 24.0 Å². The summed E-state index contributed by atoms with van der Waals surface area (Å²) in [6, 6.07) is 3.65. The van der Waals surface area contributed by atoms with Crippen LogP contribution >= 0.6 is 11.3 Å². The third-order valence-electron chi connectivity index (χ3n) is 4.12. The monoisotopic (exact) mass is 236 g/mol. The molecule has 2 heterocycles. The van der Waals surface area contributed by atoms with Crippen LogP contribution in [0.1, 0.15) is 42.2 Å². The van der Waals surface area contributed by atoms with Gasteiger partial charge in [0.25, 0.3) is 0 Å². The average Bonchev–Trinajstić information content (AvgIpc) is 2.96. The van der Waals surface area contributed by atoms with Gasteiger partial charge in [0, 0.05) is 23.5 Å². The molecule has 3 heteroatoms. The molecule has 2 aliphatic rings. The molecule has 3 rings (SSSR count). The Morgan fingerprint density at radius 1 is 1.38 bits per heavy atom. The summed E-state index contributed by atoms with van der Waals surface area (Å²) in [5, 5.41) is 2.26. The molecule has 16 heavy (non-hydrogen) atoms. The lowest BCUT2D eigenvalue weighted by Gasteiger charge is -2.35.